The summed E-state index contributed by atoms with van der Waals surface area (Å²) in [5.74, 6) is 1.53. The van der Waals surface area contributed by atoms with E-state index in [-0.39, 0.29) is 36.8 Å². The number of benzene rings is 1. The molecule has 0 saturated carbocycles. The predicted octanol–water partition coefficient (Wildman–Crippen LogP) is 2.35. The number of amides is 1. The molecule has 1 amide bonds. The first-order chi connectivity index (χ1) is 12.0. The molecule has 2 fully saturated rings. The van der Waals surface area contributed by atoms with Gasteiger partial charge in [-0.2, -0.15) is 0 Å². The normalized spacial score (nSPS) is 28.1. The van der Waals surface area contributed by atoms with Gasteiger partial charge in [-0.15, -0.1) is 24.8 Å². The first-order valence-corrected chi connectivity index (χ1v) is 9.49. The van der Waals surface area contributed by atoms with Crippen LogP contribution in [0.4, 0.5) is 0 Å². The van der Waals surface area contributed by atoms with Crippen molar-refractivity contribution in [2.24, 2.45) is 11.8 Å². The second-order valence-corrected chi connectivity index (χ2v) is 8.02. The lowest BCUT2D eigenvalue weighted by Gasteiger charge is -2.35. The summed E-state index contributed by atoms with van der Waals surface area (Å²) in [6.07, 6.45) is 1.43. The molecule has 0 aliphatic carbocycles. The van der Waals surface area contributed by atoms with Crippen LogP contribution in [0.2, 0.25) is 0 Å². The number of β-amino-alcohol motifs (C(OH)–C–C–N with tert-alkyl or cyclic N) is 1. The molecular weight excluding hydrogens is 385 g/mol. The molecule has 4 unspecified atom stereocenters. The number of carbonyl (C=O) groups is 1. The molecule has 2 aliphatic heterocycles. The van der Waals surface area contributed by atoms with Gasteiger partial charge in [-0.3, -0.25) is 9.69 Å². The lowest BCUT2D eigenvalue weighted by Crippen LogP contribution is -2.40. The minimum absolute atomic E-state index is 0. The molecule has 2 saturated heterocycles. The van der Waals surface area contributed by atoms with E-state index in [9.17, 15) is 9.90 Å². The smallest absolute Gasteiger partial charge is 0.237 e. The summed E-state index contributed by atoms with van der Waals surface area (Å²) in [6.45, 7) is 9.08. The number of hydrogen-bond donors (Lipinski definition) is 3. The van der Waals surface area contributed by atoms with Crippen molar-refractivity contribution in [1.29, 1.82) is 0 Å². The van der Waals surface area contributed by atoms with Gasteiger partial charge in [-0.25, -0.2) is 0 Å². The first kappa shape index (κ1) is 24.2. The molecule has 3 rings (SSSR count). The molecule has 0 bridgehead atoms. The maximum atomic E-state index is 12.1. The zero-order valence-corrected chi connectivity index (χ0v) is 17.8. The molecule has 3 N–H and O–H groups in total. The van der Waals surface area contributed by atoms with E-state index in [0.29, 0.717) is 19.5 Å². The molecule has 2 aliphatic rings. The lowest BCUT2D eigenvalue weighted by molar-refractivity contribution is -0.123. The summed E-state index contributed by atoms with van der Waals surface area (Å²) in [6, 6.07) is 8.27. The highest BCUT2D eigenvalue weighted by Gasteiger charge is 2.27. The molecule has 5 nitrogen and oxygen atoms in total. The number of likely N-dealkylation sites (tertiary alicyclic amines) is 1. The van der Waals surface area contributed by atoms with Gasteiger partial charge < -0.3 is 15.7 Å². The van der Waals surface area contributed by atoms with Crippen LogP contribution in [0.1, 0.15) is 37.8 Å². The Morgan fingerprint density at radius 2 is 1.70 bits per heavy atom. The van der Waals surface area contributed by atoms with E-state index in [1.54, 1.807) is 0 Å². The van der Waals surface area contributed by atoms with Gasteiger partial charge in [0.05, 0.1) is 12.1 Å². The van der Waals surface area contributed by atoms with E-state index >= 15 is 0 Å². The Labute approximate surface area is 175 Å². The number of nitrogens with zero attached hydrogens (tertiary/aromatic N) is 1. The van der Waals surface area contributed by atoms with Crippen LogP contribution in [0.3, 0.4) is 0 Å². The van der Waals surface area contributed by atoms with Crippen molar-refractivity contribution in [2.75, 3.05) is 19.6 Å². The summed E-state index contributed by atoms with van der Waals surface area (Å²) in [4.78, 5) is 14.6. The number of carbonyl (C=O) groups excluding carboxylic acids is 1. The number of aliphatic hydroxyl groups is 1. The van der Waals surface area contributed by atoms with E-state index in [4.69, 9.17) is 0 Å². The number of hydrogen-bond acceptors (Lipinski definition) is 4. The molecule has 2 heterocycles. The van der Waals surface area contributed by atoms with Crippen molar-refractivity contribution >= 4 is 30.7 Å². The Balaban J connectivity index is 0.00000182. The highest BCUT2D eigenvalue weighted by atomic mass is 35.5. The fourth-order valence-electron chi connectivity index (χ4n) is 4.17. The Hall–Kier alpha value is -0.850. The second kappa shape index (κ2) is 11.2. The number of halogens is 2. The average molecular weight is 418 g/mol. The van der Waals surface area contributed by atoms with E-state index in [2.05, 4.69) is 53.6 Å². The van der Waals surface area contributed by atoms with Crippen molar-refractivity contribution in [1.82, 2.24) is 15.5 Å². The van der Waals surface area contributed by atoms with Crippen molar-refractivity contribution in [3.05, 3.63) is 35.4 Å². The van der Waals surface area contributed by atoms with Crippen LogP contribution in [0.25, 0.3) is 0 Å². The number of aliphatic hydroxyl groups excluding tert-OH is 1. The van der Waals surface area contributed by atoms with Crippen LogP contribution < -0.4 is 10.6 Å². The van der Waals surface area contributed by atoms with Crippen LogP contribution in [-0.2, 0) is 17.9 Å². The quantitative estimate of drug-likeness (QED) is 0.687. The van der Waals surface area contributed by atoms with E-state index < -0.39 is 6.10 Å². The third-order valence-corrected chi connectivity index (χ3v) is 5.26. The van der Waals surface area contributed by atoms with Crippen molar-refractivity contribution < 1.29 is 9.90 Å². The molecule has 4 atom stereocenters. The minimum atomic E-state index is -0.407. The third-order valence-electron chi connectivity index (χ3n) is 5.26. The number of nitrogens with one attached hydrogen (secondary N) is 2. The summed E-state index contributed by atoms with van der Waals surface area (Å²) < 4.78 is 0. The largest absolute Gasteiger partial charge is 0.392 e. The van der Waals surface area contributed by atoms with Crippen molar-refractivity contribution in [3.63, 3.8) is 0 Å². The van der Waals surface area contributed by atoms with Crippen LogP contribution in [0.15, 0.2) is 24.3 Å². The minimum Gasteiger partial charge on any atom is -0.392 e. The average Bonchev–Trinajstić information content (AvgIpc) is 2.99. The zero-order valence-electron chi connectivity index (χ0n) is 16.2. The van der Waals surface area contributed by atoms with Gasteiger partial charge in [0.2, 0.25) is 5.91 Å². The SMILES string of the molecule is CC1CC(C)CN(Cc2ccc(CNC(=O)C3CC(O)CN3)cc2)C1.Cl.Cl. The molecule has 154 valence electrons. The van der Waals surface area contributed by atoms with Gasteiger partial charge in [0.1, 0.15) is 0 Å². The Bertz CT molecular complexity index is 575. The molecule has 0 spiro atoms. The number of rotatable bonds is 5. The van der Waals surface area contributed by atoms with Gasteiger partial charge in [-0.1, -0.05) is 38.1 Å². The molecule has 1 aromatic rings. The third kappa shape index (κ3) is 7.24. The van der Waals surface area contributed by atoms with Crippen LogP contribution in [0, 0.1) is 11.8 Å². The highest BCUT2D eigenvalue weighted by molar-refractivity contribution is 5.85. The summed E-state index contributed by atoms with van der Waals surface area (Å²) in [7, 11) is 0. The molecule has 7 heteroatoms. The Morgan fingerprint density at radius 1 is 1.11 bits per heavy atom. The first-order valence-electron chi connectivity index (χ1n) is 9.49. The fourth-order valence-corrected chi connectivity index (χ4v) is 4.17. The van der Waals surface area contributed by atoms with Crippen molar-refractivity contribution in [3.8, 4) is 0 Å². The van der Waals surface area contributed by atoms with E-state index in [0.717, 1.165) is 23.9 Å². The molecule has 0 aromatic heterocycles. The summed E-state index contributed by atoms with van der Waals surface area (Å²) in [5, 5.41) is 15.5. The maximum absolute atomic E-state index is 12.1. The molecule has 1 aromatic carbocycles. The summed E-state index contributed by atoms with van der Waals surface area (Å²) >= 11 is 0. The fraction of sp³-hybridized carbons (Fsp3) is 0.650. The molecule has 27 heavy (non-hydrogen) atoms. The van der Waals surface area contributed by atoms with Gasteiger partial charge in [0.15, 0.2) is 0 Å². The van der Waals surface area contributed by atoms with Crippen LogP contribution in [-0.4, -0.2) is 47.7 Å². The predicted molar refractivity (Wildman–Crippen MR) is 113 cm³/mol. The van der Waals surface area contributed by atoms with Gasteiger partial charge >= 0.3 is 0 Å². The van der Waals surface area contributed by atoms with Gasteiger partial charge in [0, 0.05) is 32.7 Å². The van der Waals surface area contributed by atoms with Crippen molar-refractivity contribution in [2.45, 2.75) is 51.9 Å². The Kier molecular flexibility index (Phi) is 10.1. The lowest BCUT2D eigenvalue weighted by atomic mass is 9.91. The van der Waals surface area contributed by atoms with E-state index in [1.165, 1.54) is 25.1 Å². The monoisotopic (exact) mass is 417 g/mol. The standard InChI is InChI=1S/C20H31N3O2.2ClH/c1-14-7-15(2)12-23(11-14)13-17-5-3-16(4-6-17)9-22-20(25)19-8-18(24)10-21-19;;/h3-6,14-15,18-19,21,24H,7-13H2,1-2H3,(H,22,25);2*1H. The van der Waals surface area contributed by atoms with Crippen LogP contribution in [0.5, 0.6) is 0 Å². The van der Waals surface area contributed by atoms with Gasteiger partial charge in [-0.05, 0) is 35.8 Å². The molecule has 0 radical (unpaired) electrons. The van der Waals surface area contributed by atoms with Crippen LogP contribution >= 0.6 is 24.8 Å². The zero-order chi connectivity index (χ0) is 17.8. The highest BCUT2D eigenvalue weighted by Crippen LogP contribution is 2.22. The molecular formula is C20H33Cl2N3O2. The number of piperidine rings is 1. The van der Waals surface area contributed by atoms with E-state index in [1.807, 2.05) is 0 Å². The van der Waals surface area contributed by atoms with Gasteiger partial charge in [0.25, 0.3) is 0 Å². The second-order valence-electron chi connectivity index (χ2n) is 8.02. The maximum Gasteiger partial charge on any atom is 0.237 e. The summed E-state index contributed by atoms with van der Waals surface area (Å²) in [5.41, 5.74) is 2.44. The Morgan fingerprint density at radius 3 is 2.26 bits per heavy atom. The topological polar surface area (TPSA) is 64.6 Å².